The van der Waals surface area contributed by atoms with Crippen molar-refractivity contribution >= 4 is 15.9 Å². The van der Waals surface area contributed by atoms with Crippen molar-refractivity contribution in [3.05, 3.63) is 0 Å². The van der Waals surface area contributed by atoms with Crippen LogP contribution in [0.25, 0.3) is 0 Å². The van der Waals surface area contributed by atoms with Gasteiger partial charge in [-0.2, -0.15) is 0 Å². The van der Waals surface area contributed by atoms with Gasteiger partial charge in [-0.3, -0.25) is 5.32 Å². The Bertz CT molecular complexity index is 78.0. The molecule has 0 aliphatic heterocycles. The zero-order valence-corrected chi connectivity index (χ0v) is 8.19. The quantitative estimate of drug-likeness (QED) is 0.532. The third kappa shape index (κ3) is 6.52. The van der Waals surface area contributed by atoms with Crippen LogP contribution in [0, 0.1) is 0 Å². The second kappa shape index (κ2) is 6.13. The van der Waals surface area contributed by atoms with Gasteiger partial charge in [0.15, 0.2) is 0 Å². The Balaban J connectivity index is 3.03. The minimum Gasteiger partial charge on any atom is -0.379 e. The molecule has 0 aliphatic rings. The van der Waals surface area contributed by atoms with Gasteiger partial charge in [0.05, 0.1) is 0 Å². The molecular formula is C7H16BrNO. The van der Waals surface area contributed by atoms with Crippen LogP contribution in [0.3, 0.4) is 0 Å². The fraction of sp³-hybridized carbons (Fsp3) is 1.00. The lowest BCUT2D eigenvalue weighted by Crippen LogP contribution is -2.27. The Kier molecular flexibility index (Phi) is 6.38. The van der Waals surface area contributed by atoms with E-state index in [-0.39, 0.29) is 6.23 Å². The molecule has 2 N–H and O–H groups in total. The largest absolute Gasteiger partial charge is 0.379 e. The monoisotopic (exact) mass is 209 g/mol. The molecular weight excluding hydrogens is 194 g/mol. The van der Waals surface area contributed by atoms with Gasteiger partial charge < -0.3 is 5.11 Å². The lowest BCUT2D eigenvalue weighted by atomic mass is 10.2. The van der Waals surface area contributed by atoms with Crippen molar-refractivity contribution in [2.45, 2.75) is 37.7 Å². The zero-order valence-electron chi connectivity index (χ0n) is 6.60. The van der Waals surface area contributed by atoms with Crippen LogP contribution in [-0.4, -0.2) is 22.7 Å². The molecule has 10 heavy (non-hydrogen) atoms. The highest BCUT2D eigenvalue weighted by atomic mass is 79.9. The Hall–Kier alpha value is 0.400. The van der Waals surface area contributed by atoms with Crippen molar-refractivity contribution in [1.82, 2.24) is 5.32 Å². The second-order valence-electron chi connectivity index (χ2n) is 2.42. The third-order valence-electron chi connectivity index (χ3n) is 1.34. The van der Waals surface area contributed by atoms with Crippen LogP contribution in [0.4, 0.5) is 0 Å². The Labute approximate surface area is 71.1 Å². The molecule has 0 radical (unpaired) electrons. The maximum Gasteiger partial charge on any atom is 0.102 e. The van der Waals surface area contributed by atoms with Gasteiger partial charge in [-0.05, 0) is 26.3 Å². The van der Waals surface area contributed by atoms with Crippen LogP contribution >= 0.6 is 15.9 Å². The summed E-state index contributed by atoms with van der Waals surface area (Å²) in [4.78, 5) is 0.582. The number of rotatable bonds is 5. The van der Waals surface area contributed by atoms with Crippen molar-refractivity contribution < 1.29 is 5.11 Å². The molecule has 0 aromatic heterocycles. The van der Waals surface area contributed by atoms with Crippen LogP contribution in [0.5, 0.6) is 0 Å². The summed E-state index contributed by atoms with van der Waals surface area (Å²) in [6, 6.07) is 0. The van der Waals surface area contributed by atoms with E-state index in [1.807, 2.05) is 0 Å². The van der Waals surface area contributed by atoms with E-state index in [1.54, 1.807) is 6.92 Å². The molecule has 0 bridgehead atoms. The Morgan fingerprint density at radius 2 is 2.20 bits per heavy atom. The SMILES string of the molecule is CCC(Br)CCNC(C)O. The highest BCUT2D eigenvalue weighted by Gasteiger charge is 2.00. The summed E-state index contributed by atoms with van der Waals surface area (Å²) in [5.41, 5.74) is 0. The van der Waals surface area contributed by atoms with Gasteiger partial charge in [0.2, 0.25) is 0 Å². The average Bonchev–Trinajstić information content (AvgIpc) is 1.87. The fourth-order valence-corrected chi connectivity index (χ4v) is 0.882. The first-order chi connectivity index (χ1) is 4.66. The number of alkyl halides is 1. The summed E-state index contributed by atoms with van der Waals surface area (Å²) in [7, 11) is 0. The van der Waals surface area contributed by atoms with E-state index in [2.05, 4.69) is 28.2 Å². The van der Waals surface area contributed by atoms with E-state index < -0.39 is 0 Å². The standard InChI is InChI=1S/C7H16BrNO/c1-3-7(8)4-5-9-6(2)10/h6-7,9-10H,3-5H2,1-2H3. The van der Waals surface area contributed by atoms with Crippen LogP contribution in [0.15, 0.2) is 0 Å². The first-order valence-corrected chi connectivity index (χ1v) is 4.64. The van der Waals surface area contributed by atoms with Gasteiger partial charge in [0.25, 0.3) is 0 Å². The van der Waals surface area contributed by atoms with Gasteiger partial charge in [0.1, 0.15) is 6.23 Å². The molecule has 0 fully saturated rings. The van der Waals surface area contributed by atoms with Crippen molar-refractivity contribution in [3.63, 3.8) is 0 Å². The van der Waals surface area contributed by atoms with Gasteiger partial charge >= 0.3 is 0 Å². The Morgan fingerprint density at radius 1 is 1.60 bits per heavy atom. The number of hydrogen-bond donors (Lipinski definition) is 2. The number of nitrogens with one attached hydrogen (secondary N) is 1. The minimum atomic E-state index is -0.378. The molecule has 0 spiro atoms. The van der Waals surface area contributed by atoms with Crippen LogP contribution in [-0.2, 0) is 0 Å². The maximum atomic E-state index is 8.81. The van der Waals surface area contributed by atoms with Gasteiger partial charge in [-0.25, -0.2) is 0 Å². The molecule has 0 saturated carbocycles. The third-order valence-corrected chi connectivity index (χ3v) is 2.45. The molecule has 2 unspecified atom stereocenters. The topological polar surface area (TPSA) is 32.3 Å². The summed E-state index contributed by atoms with van der Waals surface area (Å²) >= 11 is 3.51. The van der Waals surface area contributed by atoms with Crippen LogP contribution in [0.2, 0.25) is 0 Å². The molecule has 0 rings (SSSR count). The number of aliphatic hydroxyl groups excluding tert-OH is 1. The first kappa shape index (κ1) is 10.4. The van der Waals surface area contributed by atoms with Crippen LogP contribution in [0.1, 0.15) is 26.7 Å². The lowest BCUT2D eigenvalue weighted by molar-refractivity contribution is 0.156. The van der Waals surface area contributed by atoms with Gasteiger partial charge in [0, 0.05) is 4.83 Å². The van der Waals surface area contributed by atoms with Gasteiger partial charge in [-0.15, -0.1) is 0 Å². The molecule has 0 aliphatic carbocycles. The number of hydrogen-bond acceptors (Lipinski definition) is 2. The maximum absolute atomic E-state index is 8.81. The van der Waals surface area contributed by atoms with Crippen LogP contribution < -0.4 is 5.32 Å². The average molecular weight is 210 g/mol. The zero-order chi connectivity index (χ0) is 7.98. The first-order valence-electron chi connectivity index (χ1n) is 3.72. The van der Waals surface area contributed by atoms with E-state index in [0.717, 1.165) is 19.4 Å². The van der Waals surface area contributed by atoms with Gasteiger partial charge in [-0.1, -0.05) is 22.9 Å². The van der Waals surface area contributed by atoms with Crippen molar-refractivity contribution in [3.8, 4) is 0 Å². The van der Waals surface area contributed by atoms with E-state index >= 15 is 0 Å². The van der Waals surface area contributed by atoms with E-state index in [9.17, 15) is 0 Å². The molecule has 0 aromatic carbocycles. The molecule has 0 heterocycles. The van der Waals surface area contributed by atoms with Crippen molar-refractivity contribution in [1.29, 1.82) is 0 Å². The lowest BCUT2D eigenvalue weighted by Gasteiger charge is -2.09. The molecule has 0 saturated heterocycles. The smallest absolute Gasteiger partial charge is 0.102 e. The predicted octanol–water partition coefficient (Wildman–Crippen LogP) is 1.48. The summed E-state index contributed by atoms with van der Waals surface area (Å²) in [5.74, 6) is 0. The second-order valence-corrected chi connectivity index (χ2v) is 3.72. The van der Waals surface area contributed by atoms with E-state index in [0.29, 0.717) is 4.83 Å². The molecule has 3 heteroatoms. The molecule has 2 atom stereocenters. The predicted molar refractivity (Wildman–Crippen MR) is 47.3 cm³/mol. The highest BCUT2D eigenvalue weighted by Crippen LogP contribution is 2.07. The van der Waals surface area contributed by atoms with Crippen molar-refractivity contribution in [2.24, 2.45) is 0 Å². The summed E-state index contributed by atoms with van der Waals surface area (Å²) in [6.45, 7) is 4.75. The summed E-state index contributed by atoms with van der Waals surface area (Å²) < 4.78 is 0. The number of aliphatic hydroxyl groups is 1. The van der Waals surface area contributed by atoms with Crippen molar-refractivity contribution in [2.75, 3.05) is 6.54 Å². The van der Waals surface area contributed by atoms with E-state index in [4.69, 9.17) is 5.11 Å². The highest BCUT2D eigenvalue weighted by molar-refractivity contribution is 9.09. The molecule has 2 nitrogen and oxygen atoms in total. The number of halogens is 1. The van der Waals surface area contributed by atoms with E-state index in [1.165, 1.54) is 0 Å². The normalized spacial score (nSPS) is 16.8. The fourth-order valence-electron chi connectivity index (χ4n) is 0.653. The molecule has 0 aromatic rings. The molecule has 62 valence electrons. The summed E-state index contributed by atoms with van der Waals surface area (Å²) in [6.07, 6.45) is 1.83. The minimum absolute atomic E-state index is 0.378. The molecule has 0 amide bonds. The summed E-state index contributed by atoms with van der Waals surface area (Å²) in [5, 5.41) is 11.7. The Morgan fingerprint density at radius 3 is 2.60 bits per heavy atom.